The second-order valence-corrected chi connectivity index (χ2v) is 9.90. The summed E-state index contributed by atoms with van der Waals surface area (Å²) in [6.07, 6.45) is 0. The zero-order chi connectivity index (χ0) is 25.1. The molecule has 0 saturated carbocycles. The SMILES string of the molecule is CC(C)c1cccc(C(C)C)c1-n1c(-c2cccc3c2oc2cc(F)ccc23)nc2cccc(F)c21. The lowest BCUT2D eigenvalue weighted by molar-refractivity contribution is 0.618. The van der Waals surface area contributed by atoms with E-state index in [9.17, 15) is 4.39 Å². The Labute approximate surface area is 208 Å². The van der Waals surface area contributed by atoms with Gasteiger partial charge in [0.1, 0.15) is 34.1 Å². The number of benzene rings is 4. The molecule has 36 heavy (non-hydrogen) atoms. The van der Waals surface area contributed by atoms with Crippen LogP contribution in [0.1, 0.15) is 50.7 Å². The molecule has 0 aliphatic carbocycles. The number of imidazole rings is 1. The Morgan fingerprint density at radius 2 is 1.47 bits per heavy atom. The molecule has 0 amide bonds. The Morgan fingerprint density at radius 1 is 0.778 bits per heavy atom. The molecule has 0 fully saturated rings. The van der Waals surface area contributed by atoms with Crippen LogP contribution >= 0.6 is 0 Å². The van der Waals surface area contributed by atoms with Gasteiger partial charge in [-0.25, -0.2) is 13.8 Å². The van der Waals surface area contributed by atoms with Crippen molar-refractivity contribution in [1.82, 2.24) is 9.55 Å². The average Bonchev–Trinajstić information content (AvgIpc) is 3.42. The van der Waals surface area contributed by atoms with Crippen molar-refractivity contribution < 1.29 is 13.2 Å². The van der Waals surface area contributed by atoms with E-state index < -0.39 is 0 Å². The van der Waals surface area contributed by atoms with Crippen LogP contribution in [0.2, 0.25) is 0 Å². The predicted octanol–water partition coefficient (Wildman–Crippen LogP) is 9.12. The first-order valence-corrected chi connectivity index (χ1v) is 12.3. The predicted molar refractivity (Wildman–Crippen MR) is 142 cm³/mol. The zero-order valence-electron chi connectivity index (χ0n) is 20.6. The molecule has 0 spiro atoms. The van der Waals surface area contributed by atoms with Crippen LogP contribution in [0.4, 0.5) is 8.78 Å². The van der Waals surface area contributed by atoms with Gasteiger partial charge in [-0.1, -0.05) is 64.1 Å². The highest BCUT2D eigenvalue weighted by Gasteiger charge is 2.25. The smallest absolute Gasteiger partial charge is 0.149 e. The number of hydrogen-bond donors (Lipinski definition) is 0. The third-order valence-corrected chi connectivity index (χ3v) is 6.90. The number of rotatable bonds is 4. The van der Waals surface area contributed by atoms with Gasteiger partial charge in [0, 0.05) is 16.8 Å². The molecule has 4 aromatic carbocycles. The average molecular weight is 481 g/mol. The molecule has 2 heterocycles. The lowest BCUT2D eigenvalue weighted by Crippen LogP contribution is -2.09. The van der Waals surface area contributed by atoms with E-state index >= 15 is 4.39 Å². The van der Waals surface area contributed by atoms with Gasteiger partial charge in [0.05, 0.1) is 16.8 Å². The van der Waals surface area contributed by atoms with Gasteiger partial charge in [0.15, 0.2) is 0 Å². The van der Waals surface area contributed by atoms with Crippen LogP contribution in [0.3, 0.4) is 0 Å². The van der Waals surface area contributed by atoms with E-state index in [4.69, 9.17) is 9.40 Å². The van der Waals surface area contributed by atoms with E-state index in [0.717, 1.165) is 33.2 Å². The second-order valence-electron chi connectivity index (χ2n) is 9.90. The van der Waals surface area contributed by atoms with Crippen molar-refractivity contribution in [2.75, 3.05) is 0 Å². The molecule has 0 radical (unpaired) electrons. The molecule has 0 aliphatic heterocycles. The maximum absolute atomic E-state index is 15.5. The monoisotopic (exact) mass is 480 g/mol. The summed E-state index contributed by atoms with van der Waals surface area (Å²) < 4.78 is 37.7. The first-order chi connectivity index (χ1) is 17.3. The number of fused-ring (bicyclic) bond motifs is 4. The van der Waals surface area contributed by atoms with Gasteiger partial charge in [-0.05, 0) is 53.3 Å². The first kappa shape index (κ1) is 22.5. The van der Waals surface area contributed by atoms with E-state index in [1.165, 1.54) is 18.2 Å². The summed E-state index contributed by atoms with van der Waals surface area (Å²) >= 11 is 0. The third-order valence-electron chi connectivity index (χ3n) is 6.90. The van der Waals surface area contributed by atoms with Crippen molar-refractivity contribution in [1.29, 1.82) is 0 Å². The molecule has 6 aromatic rings. The minimum atomic E-state index is -0.357. The van der Waals surface area contributed by atoms with Gasteiger partial charge in [-0.3, -0.25) is 4.57 Å². The molecule has 0 saturated heterocycles. The van der Waals surface area contributed by atoms with Crippen molar-refractivity contribution in [2.45, 2.75) is 39.5 Å². The van der Waals surface area contributed by atoms with Gasteiger partial charge >= 0.3 is 0 Å². The fourth-order valence-electron chi connectivity index (χ4n) is 5.20. The second kappa shape index (κ2) is 8.30. The van der Waals surface area contributed by atoms with Crippen LogP contribution < -0.4 is 0 Å². The fraction of sp³-hybridized carbons (Fsp3) is 0.194. The minimum Gasteiger partial charge on any atom is -0.455 e. The van der Waals surface area contributed by atoms with E-state index in [-0.39, 0.29) is 23.5 Å². The van der Waals surface area contributed by atoms with Crippen molar-refractivity contribution in [2.24, 2.45) is 0 Å². The molecular formula is C31H26F2N2O. The van der Waals surface area contributed by atoms with Gasteiger partial charge in [-0.2, -0.15) is 0 Å². The summed E-state index contributed by atoms with van der Waals surface area (Å²) in [5.74, 6) is 0.319. The first-order valence-electron chi connectivity index (χ1n) is 12.3. The number of hydrogen-bond acceptors (Lipinski definition) is 2. The normalized spacial score (nSPS) is 12.1. The Hall–Kier alpha value is -3.99. The van der Waals surface area contributed by atoms with E-state index in [0.29, 0.717) is 28.0 Å². The lowest BCUT2D eigenvalue weighted by Gasteiger charge is -2.22. The molecular weight excluding hydrogens is 454 g/mol. The molecule has 180 valence electrons. The van der Waals surface area contributed by atoms with Crippen LogP contribution in [0.5, 0.6) is 0 Å². The summed E-state index contributed by atoms with van der Waals surface area (Å²) in [4.78, 5) is 4.95. The van der Waals surface area contributed by atoms with Gasteiger partial charge in [0.25, 0.3) is 0 Å². The quantitative estimate of drug-likeness (QED) is 0.252. The Morgan fingerprint density at radius 3 is 2.19 bits per heavy atom. The van der Waals surface area contributed by atoms with Crippen LogP contribution in [-0.2, 0) is 0 Å². The molecule has 0 atom stereocenters. The van der Waals surface area contributed by atoms with Crippen molar-refractivity contribution >= 4 is 33.0 Å². The van der Waals surface area contributed by atoms with Crippen LogP contribution in [-0.4, -0.2) is 9.55 Å². The highest BCUT2D eigenvalue weighted by Crippen LogP contribution is 2.41. The molecule has 0 unspecified atom stereocenters. The molecule has 0 aliphatic rings. The number of furan rings is 1. The maximum Gasteiger partial charge on any atom is 0.149 e. The van der Waals surface area contributed by atoms with E-state index in [2.05, 4.69) is 45.9 Å². The highest BCUT2D eigenvalue weighted by molar-refractivity contribution is 6.09. The fourth-order valence-corrected chi connectivity index (χ4v) is 5.20. The number of halogens is 2. The minimum absolute atomic E-state index is 0.209. The summed E-state index contributed by atoms with van der Waals surface area (Å²) in [6.45, 7) is 8.58. The lowest BCUT2D eigenvalue weighted by atomic mass is 9.92. The van der Waals surface area contributed by atoms with Gasteiger partial charge in [0.2, 0.25) is 0 Å². The van der Waals surface area contributed by atoms with E-state index in [1.807, 2.05) is 28.8 Å². The standard InChI is InChI=1S/C31H26F2N2O/c1-17(2)20-8-5-9-21(18(3)4)28(20)35-29-25(33)12-7-13-26(29)34-31(35)24-11-6-10-23-22-15-14-19(32)16-27(22)36-30(23)24/h5-18H,1-4H3. The van der Waals surface area contributed by atoms with Crippen molar-refractivity contribution in [3.05, 3.63) is 95.6 Å². The topological polar surface area (TPSA) is 31.0 Å². The van der Waals surface area contributed by atoms with Crippen molar-refractivity contribution in [3.8, 4) is 17.1 Å². The summed E-state index contributed by atoms with van der Waals surface area (Å²) in [6, 6.07) is 21.7. The summed E-state index contributed by atoms with van der Waals surface area (Å²) in [5.41, 5.74) is 5.98. The van der Waals surface area contributed by atoms with E-state index in [1.54, 1.807) is 12.1 Å². The van der Waals surface area contributed by atoms with Gasteiger partial charge in [-0.15, -0.1) is 0 Å². The van der Waals surface area contributed by atoms with Crippen LogP contribution in [0, 0.1) is 11.6 Å². The Kier molecular flexibility index (Phi) is 5.18. The molecule has 0 bridgehead atoms. The Balaban J connectivity index is 1.79. The molecule has 6 rings (SSSR count). The molecule has 0 N–H and O–H groups in total. The van der Waals surface area contributed by atoms with Gasteiger partial charge < -0.3 is 4.42 Å². The number of aromatic nitrogens is 2. The zero-order valence-corrected chi connectivity index (χ0v) is 20.6. The maximum atomic E-state index is 15.5. The van der Waals surface area contributed by atoms with Crippen LogP contribution in [0.15, 0.2) is 77.2 Å². The summed E-state index contributed by atoms with van der Waals surface area (Å²) in [7, 11) is 0. The van der Waals surface area contributed by atoms with Crippen LogP contribution in [0.25, 0.3) is 50.0 Å². The third kappa shape index (κ3) is 3.34. The summed E-state index contributed by atoms with van der Waals surface area (Å²) in [5, 5.41) is 1.69. The largest absolute Gasteiger partial charge is 0.455 e. The molecule has 2 aromatic heterocycles. The Bertz CT molecular complexity index is 1750. The van der Waals surface area contributed by atoms with Crippen molar-refractivity contribution in [3.63, 3.8) is 0 Å². The highest BCUT2D eigenvalue weighted by atomic mass is 19.1. The molecule has 5 heteroatoms. The number of para-hydroxylation sites is 3. The number of nitrogens with zero attached hydrogens (tertiary/aromatic N) is 2. The molecule has 3 nitrogen and oxygen atoms in total.